The second-order valence-electron chi connectivity index (χ2n) is 7.69. The summed E-state index contributed by atoms with van der Waals surface area (Å²) in [7, 11) is 0. The number of thiophene rings is 2. The quantitative estimate of drug-likeness (QED) is 0.450. The molecule has 4 aromatic heterocycles. The molecule has 6 rings (SSSR count). The Kier molecular flexibility index (Phi) is 4.96. The highest BCUT2D eigenvalue weighted by molar-refractivity contribution is 7.98. The van der Waals surface area contributed by atoms with Gasteiger partial charge in [0.1, 0.15) is 22.0 Å². The first kappa shape index (κ1) is 19.3. The first-order valence-corrected chi connectivity index (χ1v) is 13.2. The van der Waals surface area contributed by atoms with Crippen LogP contribution < -0.4 is 4.90 Å². The van der Waals surface area contributed by atoms with E-state index in [1.54, 1.807) is 29.0 Å². The molecule has 2 aliphatic heterocycles. The maximum Gasteiger partial charge on any atom is 0.257 e. The number of nitrogens with zero attached hydrogens (tertiary/aromatic N) is 5. The van der Waals surface area contributed by atoms with E-state index >= 15 is 0 Å². The number of thioether (sulfide) groups is 1. The lowest BCUT2D eigenvalue weighted by molar-refractivity contribution is 0.0746. The zero-order valence-corrected chi connectivity index (χ0v) is 19.3. The van der Waals surface area contributed by atoms with Gasteiger partial charge in [-0.1, -0.05) is 0 Å². The number of carbonyl (C=O) groups excluding carboxylic acids is 1. The highest BCUT2D eigenvalue weighted by atomic mass is 32.2. The largest absolute Gasteiger partial charge is 0.352 e. The molecule has 6 heterocycles. The Labute approximate surface area is 192 Å². The number of hydrogen-bond acceptors (Lipinski definition) is 7. The van der Waals surface area contributed by atoms with E-state index in [0.717, 1.165) is 57.6 Å². The topological polar surface area (TPSA) is 54.3 Å². The standard InChI is InChI=1S/C22H21N5OS3/c28-21(18-15-3-11-29-13-17(15)31-22(18)27-5-1-2-6-27)26-9-7-25(8-10-26)19-16-4-12-30-20(16)24-14-23-19/h1-2,4-6,12,14H,3,7-11,13H2. The molecule has 1 saturated heterocycles. The number of carbonyl (C=O) groups is 1. The van der Waals surface area contributed by atoms with E-state index in [-0.39, 0.29) is 5.91 Å². The van der Waals surface area contributed by atoms with Gasteiger partial charge in [-0.25, -0.2) is 9.97 Å². The van der Waals surface area contributed by atoms with Gasteiger partial charge >= 0.3 is 0 Å². The Balaban J connectivity index is 1.27. The summed E-state index contributed by atoms with van der Waals surface area (Å²) in [6.07, 6.45) is 6.71. The SMILES string of the molecule is O=C(c1c(-n2cccc2)sc2c1CCSC2)N1CCN(c2ncnc3sccc23)CC1. The van der Waals surface area contributed by atoms with Crippen molar-refractivity contribution in [1.29, 1.82) is 0 Å². The van der Waals surface area contributed by atoms with Crippen LogP contribution in [0.2, 0.25) is 0 Å². The van der Waals surface area contributed by atoms with Crippen molar-refractivity contribution in [2.75, 3.05) is 36.8 Å². The van der Waals surface area contributed by atoms with E-state index < -0.39 is 0 Å². The minimum atomic E-state index is 0.177. The Morgan fingerprint density at radius 2 is 1.90 bits per heavy atom. The van der Waals surface area contributed by atoms with Gasteiger partial charge in [0.05, 0.1) is 10.9 Å². The molecule has 158 valence electrons. The molecule has 0 atom stereocenters. The molecule has 9 heteroatoms. The van der Waals surface area contributed by atoms with Crippen molar-refractivity contribution in [3.05, 3.63) is 58.3 Å². The fourth-order valence-electron chi connectivity index (χ4n) is 4.40. The second-order valence-corrected chi connectivity index (χ2v) is 10.8. The van der Waals surface area contributed by atoms with Crippen LogP contribution in [0.1, 0.15) is 20.8 Å². The van der Waals surface area contributed by atoms with Crippen LogP contribution in [0.25, 0.3) is 15.2 Å². The summed E-state index contributed by atoms with van der Waals surface area (Å²) < 4.78 is 2.10. The van der Waals surface area contributed by atoms with Crippen LogP contribution in [-0.2, 0) is 12.2 Å². The fourth-order valence-corrected chi connectivity index (χ4v) is 7.56. The van der Waals surface area contributed by atoms with Crippen molar-refractivity contribution in [1.82, 2.24) is 19.4 Å². The first-order valence-electron chi connectivity index (χ1n) is 10.4. The molecule has 0 N–H and O–H groups in total. The molecule has 0 saturated carbocycles. The van der Waals surface area contributed by atoms with Gasteiger partial charge < -0.3 is 14.4 Å². The summed E-state index contributed by atoms with van der Waals surface area (Å²) in [5.41, 5.74) is 2.20. The smallest absolute Gasteiger partial charge is 0.257 e. The average molecular weight is 468 g/mol. The zero-order chi connectivity index (χ0) is 20.8. The van der Waals surface area contributed by atoms with Crippen LogP contribution in [-0.4, -0.2) is 57.3 Å². The molecule has 1 fully saturated rings. The maximum absolute atomic E-state index is 13.7. The van der Waals surface area contributed by atoms with Crippen molar-refractivity contribution < 1.29 is 4.79 Å². The minimum Gasteiger partial charge on any atom is -0.352 e. The van der Waals surface area contributed by atoms with Crippen LogP contribution >= 0.6 is 34.4 Å². The fraction of sp³-hybridized carbons (Fsp3) is 0.318. The predicted octanol–water partition coefficient (Wildman–Crippen LogP) is 4.30. The number of aromatic nitrogens is 3. The Bertz CT molecular complexity index is 1240. The number of amides is 1. The van der Waals surface area contributed by atoms with E-state index in [4.69, 9.17) is 0 Å². The normalized spacial score (nSPS) is 16.6. The van der Waals surface area contributed by atoms with E-state index in [1.165, 1.54) is 10.4 Å². The summed E-state index contributed by atoms with van der Waals surface area (Å²) in [6.45, 7) is 2.99. The van der Waals surface area contributed by atoms with Crippen molar-refractivity contribution in [2.45, 2.75) is 12.2 Å². The Morgan fingerprint density at radius 3 is 2.74 bits per heavy atom. The van der Waals surface area contributed by atoms with E-state index in [9.17, 15) is 4.79 Å². The van der Waals surface area contributed by atoms with Gasteiger partial charge in [0.25, 0.3) is 5.91 Å². The monoisotopic (exact) mass is 467 g/mol. The van der Waals surface area contributed by atoms with Crippen LogP contribution in [0.3, 0.4) is 0 Å². The van der Waals surface area contributed by atoms with Crippen LogP contribution in [0.4, 0.5) is 5.82 Å². The van der Waals surface area contributed by atoms with Crippen molar-refractivity contribution in [3.63, 3.8) is 0 Å². The summed E-state index contributed by atoms with van der Waals surface area (Å²) in [5.74, 6) is 3.26. The third kappa shape index (κ3) is 3.35. The summed E-state index contributed by atoms with van der Waals surface area (Å²) >= 11 is 5.38. The average Bonchev–Trinajstić information content (AvgIpc) is 3.57. The van der Waals surface area contributed by atoms with E-state index in [1.807, 2.05) is 41.2 Å². The molecule has 0 unspecified atom stereocenters. The lowest BCUT2D eigenvalue weighted by Gasteiger charge is -2.36. The molecule has 0 radical (unpaired) electrons. The summed E-state index contributed by atoms with van der Waals surface area (Å²) in [6, 6.07) is 6.13. The van der Waals surface area contributed by atoms with Gasteiger partial charge in [0.2, 0.25) is 0 Å². The van der Waals surface area contributed by atoms with Gasteiger partial charge in [0.15, 0.2) is 0 Å². The third-order valence-electron chi connectivity index (χ3n) is 5.96. The van der Waals surface area contributed by atoms with Gasteiger partial charge in [-0.2, -0.15) is 11.8 Å². The van der Waals surface area contributed by atoms with Crippen molar-refractivity contribution >= 4 is 56.4 Å². The molecule has 6 nitrogen and oxygen atoms in total. The summed E-state index contributed by atoms with van der Waals surface area (Å²) in [5, 5.41) is 4.23. The molecule has 0 aliphatic carbocycles. The molecular weight excluding hydrogens is 446 g/mol. The molecule has 2 aliphatic rings. The molecule has 0 aromatic carbocycles. The van der Waals surface area contributed by atoms with Crippen molar-refractivity contribution in [3.8, 4) is 5.00 Å². The van der Waals surface area contributed by atoms with E-state index in [2.05, 4.69) is 30.9 Å². The number of fused-ring (bicyclic) bond motifs is 2. The molecule has 0 bridgehead atoms. The number of rotatable bonds is 3. The van der Waals surface area contributed by atoms with Crippen LogP contribution in [0.15, 0.2) is 42.3 Å². The second kappa shape index (κ2) is 7.96. The zero-order valence-electron chi connectivity index (χ0n) is 16.9. The van der Waals surface area contributed by atoms with Crippen LogP contribution in [0, 0.1) is 0 Å². The lowest BCUT2D eigenvalue weighted by Crippen LogP contribution is -2.49. The van der Waals surface area contributed by atoms with E-state index in [0.29, 0.717) is 13.1 Å². The maximum atomic E-state index is 13.7. The minimum absolute atomic E-state index is 0.177. The van der Waals surface area contributed by atoms with Gasteiger partial charge in [0, 0.05) is 49.2 Å². The Hall–Kier alpha value is -2.36. The Morgan fingerprint density at radius 1 is 1.06 bits per heavy atom. The summed E-state index contributed by atoms with van der Waals surface area (Å²) in [4.78, 5) is 29.3. The van der Waals surface area contributed by atoms with Gasteiger partial charge in [-0.15, -0.1) is 22.7 Å². The first-order chi connectivity index (χ1) is 15.3. The van der Waals surface area contributed by atoms with Crippen molar-refractivity contribution in [2.24, 2.45) is 0 Å². The molecule has 31 heavy (non-hydrogen) atoms. The predicted molar refractivity (Wildman–Crippen MR) is 129 cm³/mol. The number of piperazine rings is 1. The molecule has 1 amide bonds. The van der Waals surface area contributed by atoms with Gasteiger partial charge in [-0.05, 0) is 41.3 Å². The third-order valence-corrected chi connectivity index (χ3v) is 9.20. The highest BCUT2D eigenvalue weighted by Crippen LogP contribution is 2.39. The van der Waals surface area contributed by atoms with Crippen LogP contribution in [0.5, 0.6) is 0 Å². The number of hydrogen-bond donors (Lipinski definition) is 0. The lowest BCUT2D eigenvalue weighted by atomic mass is 10.1. The molecule has 0 spiro atoms. The molecule has 4 aromatic rings. The van der Waals surface area contributed by atoms with Gasteiger partial charge in [-0.3, -0.25) is 4.79 Å². The number of anilines is 1. The molecular formula is C22H21N5OS3. The highest BCUT2D eigenvalue weighted by Gasteiger charge is 2.31.